The molecule has 0 unspecified atom stereocenters. The molecule has 0 bridgehead atoms. The number of pyridine rings is 1. The summed E-state index contributed by atoms with van der Waals surface area (Å²) in [5.74, 6) is -1.06. The Balaban J connectivity index is 2.02. The van der Waals surface area contributed by atoms with E-state index in [0.29, 0.717) is 0 Å². The normalized spacial score (nSPS) is 14.7. The van der Waals surface area contributed by atoms with Gasteiger partial charge in [-0.1, -0.05) is 49.7 Å². The van der Waals surface area contributed by atoms with Gasteiger partial charge in [0.1, 0.15) is 17.2 Å². The Bertz CT molecular complexity index is 1020. The molecule has 0 aliphatic carbocycles. The molecular formula is C22H25ClN4O4. The standard InChI is InChI=1S/C22H25ClN4O4/c1-13(2)14-6-4-5-7-16(14)22(11-27(12-22)19(29)10-28)21(31)26-17-9-25-18(23)8-15(17)20(30)24-3/h4-9,13,28H,10-12H2,1-3H3,(H,24,30)(H,26,31). The molecule has 0 spiro atoms. The van der Waals surface area contributed by atoms with Gasteiger partial charge in [0.15, 0.2) is 0 Å². The zero-order chi connectivity index (χ0) is 22.8. The summed E-state index contributed by atoms with van der Waals surface area (Å²) in [5.41, 5.74) is 1.20. The number of likely N-dealkylation sites (tertiary alicyclic amines) is 1. The molecule has 1 aromatic carbocycles. The highest BCUT2D eigenvalue weighted by molar-refractivity contribution is 6.30. The van der Waals surface area contributed by atoms with Crippen LogP contribution >= 0.6 is 11.6 Å². The summed E-state index contributed by atoms with van der Waals surface area (Å²) in [7, 11) is 1.48. The van der Waals surface area contributed by atoms with Crippen molar-refractivity contribution >= 4 is 35.0 Å². The number of amides is 3. The summed E-state index contributed by atoms with van der Waals surface area (Å²) in [5, 5.41) is 14.7. The molecule has 0 radical (unpaired) electrons. The number of carbonyl (C=O) groups excluding carboxylic acids is 3. The highest BCUT2D eigenvalue weighted by atomic mass is 35.5. The fourth-order valence-corrected chi connectivity index (χ4v) is 4.01. The molecule has 1 fully saturated rings. The van der Waals surface area contributed by atoms with Crippen LogP contribution in [0.15, 0.2) is 36.5 Å². The van der Waals surface area contributed by atoms with E-state index in [1.54, 1.807) is 0 Å². The summed E-state index contributed by atoms with van der Waals surface area (Å²) >= 11 is 5.93. The largest absolute Gasteiger partial charge is 0.387 e. The number of nitrogens with one attached hydrogen (secondary N) is 2. The third-order valence-electron chi connectivity index (χ3n) is 5.53. The monoisotopic (exact) mass is 444 g/mol. The second-order valence-corrected chi connectivity index (χ2v) is 8.21. The lowest BCUT2D eigenvalue weighted by molar-refractivity contribution is -0.146. The first-order chi connectivity index (χ1) is 14.7. The number of carbonyl (C=O) groups is 3. The third-order valence-corrected chi connectivity index (χ3v) is 5.74. The zero-order valence-corrected chi connectivity index (χ0v) is 18.4. The van der Waals surface area contributed by atoms with Crippen molar-refractivity contribution in [2.45, 2.75) is 25.2 Å². The van der Waals surface area contributed by atoms with Gasteiger partial charge in [0.25, 0.3) is 5.91 Å². The minimum atomic E-state index is -1.02. The van der Waals surface area contributed by atoms with E-state index in [2.05, 4.69) is 15.6 Å². The third kappa shape index (κ3) is 4.26. The molecule has 2 heterocycles. The lowest BCUT2D eigenvalue weighted by Gasteiger charge is -2.49. The number of anilines is 1. The number of aromatic nitrogens is 1. The van der Waals surface area contributed by atoms with Gasteiger partial charge < -0.3 is 20.6 Å². The van der Waals surface area contributed by atoms with Gasteiger partial charge in [0.2, 0.25) is 11.8 Å². The lowest BCUT2D eigenvalue weighted by Crippen LogP contribution is -2.67. The van der Waals surface area contributed by atoms with E-state index in [-0.39, 0.29) is 41.3 Å². The first-order valence-corrected chi connectivity index (χ1v) is 10.3. The minimum Gasteiger partial charge on any atom is -0.387 e. The average molecular weight is 445 g/mol. The van der Waals surface area contributed by atoms with Crippen LogP contribution in [0.4, 0.5) is 5.69 Å². The van der Waals surface area contributed by atoms with Gasteiger partial charge in [-0.05, 0) is 23.1 Å². The molecule has 1 aromatic heterocycles. The zero-order valence-electron chi connectivity index (χ0n) is 17.6. The van der Waals surface area contributed by atoms with Crippen molar-refractivity contribution in [1.29, 1.82) is 0 Å². The van der Waals surface area contributed by atoms with Crippen molar-refractivity contribution < 1.29 is 19.5 Å². The maximum atomic E-state index is 13.6. The lowest BCUT2D eigenvalue weighted by atomic mass is 9.69. The van der Waals surface area contributed by atoms with Crippen molar-refractivity contribution in [3.63, 3.8) is 0 Å². The molecule has 2 aromatic rings. The van der Waals surface area contributed by atoms with Crippen molar-refractivity contribution in [2.24, 2.45) is 0 Å². The predicted octanol–water partition coefficient (Wildman–Crippen LogP) is 1.93. The summed E-state index contributed by atoms with van der Waals surface area (Å²) in [6, 6.07) is 8.99. The van der Waals surface area contributed by atoms with Crippen LogP contribution in [0.5, 0.6) is 0 Å². The van der Waals surface area contributed by atoms with E-state index in [1.165, 1.54) is 24.2 Å². The summed E-state index contributed by atoms with van der Waals surface area (Å²) in [6.45, 7) is 3.70. The fraction of sp³-hybridized carbons (Fsp3) is 0.364. The van der Waals surface area contributed by atoms with Crippen LogP contribution < -0.4 is 10.6 Å². The Labute approximate surface area is 185 Å². The molecule has 0 saturated carbocycles. The van der Waals surface area contributed by atoms with Gasteiger partial charge in [-0.2, -0.15) is 0 Å². The SMILES string of the molecule is CNC(=O)c1cc(Cl)ncc1NC(=O)C1(c2ccccc2C(C)C)CN(C(=O)CO)C1. The van der Waals surface area contributed by atoms with Gasteiger partial charge in [0.05, 0.1) is 17.4 Å². The molecule has 1 aliphatic rings. The quantitative estimate of drug-likeness (QED) is 0.589. The number of aliphatic hydroxyl groups excluding tert-OH is 1. The molecule has 164 valence electrons. The smallest absolute Gasteiger partial charge is 0.253 e. The topological polar surface area (TPSA) is 112 Å². The van der Waals surface area contributed by atoms with Crippen LogP contribution in [-0.2, 0) is 15.0 Å². The van der Waals surface area contributed by atoms with Gasteiger partial charge in [-0.25, -0.2) is 4.98 Å². The second kappa shape index (κ2) is 9.03. The molecule has 1 aliphatic heterocycles. The molecule has 3 rings (SSSR count). The number of halogens is 1. The summed E-state index contributed by atoms with van der Waals surface area (Å²) < 4.78 is 0. The number of hydrogen-bond acceptors (Lipinski definition) is 5. The first kappa shape index (κ1) is 22.7. The first-order valence-electron chi connectivity index (χ1n) is 9.90. The molecule has 8 nitrogen and oxygen atoms in total. The number of nitrogens with zero attached hydrogens (tertiary/aromatic N) is 2. The average Bonchev–Trinajstić information content (AvgIpc) is 2.73. The van der Waals surface area contributed by atoms with Crippen LogP contribution in [-0.4, -0.2) is 59.5 Å². The van der Waals surface area contributed by atoms with Crippen LogP contribution in [0.2, 0.25) is 5.15 Å². The van der Waals surface area contributed by atoms with Crippen LogP contribution in [0.3, 0.4) is 0 Å². The Morgan fingerprint density at radius 1 is 1.26 bits per heavy atom. The number of aliphatic hydroxyl groups is 1. The predicted molar refractivity (Wildman–Crippen MR) is 117 cm³/mol. The van der Waals surface area contributed by atoms with Crippen molar-refractivity contribution in [3.8, 4) is 0 Å². The molecular weight excluding hydrogens is 420 g/mol. The summed E-state index contributed by atoms with van der Waals surface area (Å²) in [4.78, 5) is 43.3. The second-order valence-electron chi connectivity index (χ2n) is 7.82. The molecule has 3 N–H and O–H groups in total. The molecule has 1 saturated heterocycles. The van der Waals surface area contributed by atoms with Crippen molar-refractivity contribution in [2.75, 3.05) is 32.1 Å². The van der Waals surface area contributed by atoms with Gasteiger partial charge >= 0.3 is 0 Å². The van der Waals surface area contributed by atoms with Crippen molar-refractivity contribution in [1.82, 2.24) is 15.2 Å². The number of hydrogen-bond donors (Lipinski definition) is 3. The molecule has 0 atom stereocenters. The van der Waals surface area contributed by atoms with Gasteiger partial charge in [0, 0.05) is 20.1 Å². The van der Waals surface area contributed by atoms with E-state index in [4.69, 9.17) is 11.6 Å². The van der Waals surface area contributed by atoms with Crippen LogP contribution in [0.25, 0.3) is 0 Å². The molecule has 31 heavy (non-hydrogen) atoms. The Morgan fingerprint density at radius 2 is 1.94 bits per heavy atom. The van der Waals surface area contributed by atoms with Crippen LogP contribution in [0.1, 0.15) is 41.3 Å². The molecule has 3 amide bonds. The molecule has 9 heteroatoms. The van der Waals surface area contributed by atoms with E-state index in [9.17, 15) is 19.5 Å². The minimum absolute atomic E-state index is 0.123. The highest BCUT2D eigenvalue weighted by Gasteiger charge is 2.53. The van der Waals surface area contributed by atoms with E-state index in [1.807, 2.05) is 38.1 Å². The van der Waals surface area contributed by atoms with Crippen molar-refractivity contribution in [3.05, 3.63) is 58.4 Å². The number of benzene rings is 1. The fourth-order valence-electron chi connectivity index (χ4n) is 3.85. The Kier molecular flexibility index (Phi) is 6.62. The van der Waals surface area contributed by atoms with Gasteiger partial charge in [-0.15, -0.1) is 0 Å². The maximum absolute atomic E-state index is 13.6. The maximum Gasteiger partial charge on any atom is 0.253 e. The van der Waals surface area contributed by atoms with Crippen LogP contribution in [0, 0.1) is 0 Å². The number of rotatable bonds is 6. The van der Waals surface area contributed by atoms with E-state index >= 15 is 0 Å². The van der Waals surface area contributed by atoms with E-state index < -0.39 is 23.8 Å². The Morgan fingerprint density at radius 3 is 2.55 bits per heavy atom. The Hall–Kier alpha value is -2.97. The van der Waals surface area contributed by atoms with E-state index in [0.717, 1.165) is 11.1 Å². The highest BCUT2D eigenvalue weighted by Crippen LogP contribution is 2.40. The van der Waals surface area contributed by atoms with Gasteiger partial charge in [-0.3, -0.25) is 14.4 Å². The summed E-state index contributed by atoms with van der Waals surface area (Å²) in [6.07, 6.45) is 1.34.